The molecule has 4 heterocycles. The summed E-state index contributed by atoms with van der Waals surface area (Å²) in [6.07, 6.45) is 3.41. The van der Waals surface area contributed by atoms with Gasteiger partial charge in [-0.1, -0.05) is 0 Å². The van der Waals surface area contributed by atoms with Gasteiger partial charge in [-0.25, -0.2) is 13.8 Å². The van der Waals surface area contributed by atoms with Gasteiger partial charge in [0.15, 0.2) is 17.4 Å². The minimum atomic E-state index is -0.652. The number of anilines is 1. The van der Waals surface area contributed by atoms with Crippen molar-refractivity contribution < 1.29 is 18.6 Å². The SMILES string of the molecule is Cc1ccc(F)c(-c2cc(NC3=C4C(=CNN4C[C@H](C)O)OC=C3F)ccn2)n1. The van der Waals surface area contributed by atoms with Crippen LogP contribution in [-0.2, 0) is 4.74 Å². The fraction of sp³-hybridized carbons (Fsp3) is 0.200. The van der Waals surface area contributed by atoms with Gasteiger partial charge in [-0.15, -0.1) is 0 Å². The maximum absolute atomic E-state index is 14.6. The fourth-order valence-corrected chi connectivity index (χ4v) is 3.07. The Kier molecular flexibility index (Phi) is 4.89. The van der Waals surface area contributed by atoms with Crippen molar-refractivity contribution in [1.82, 2.24) is 20.4 Å². The molecule has 29 heavy (non-hydrogen) atoms. The number of rotatable bonds is 5. The third-order valence-corrected chi connectivity index (χ3v) is 4.32. The summed E-state index contributed by atoms with van der Waals surface area (Å²) in [4.78, 5) is 8.39. The number of allylic oxidation sites excluding steroid dienone is 1. The van der Waals surface area contributed by atoms with Crippen molar-refractivity contribution >= 4 is 5.69 Å². The summed E-state index contributed by atoms with van der Waals surface area (Å²) in [5.74, 6) is -0.697. The van der Waals surface area contributed by atoms with Gasteiger partial charge in [0.1, 0.15) is 23.4 Å². The molecule has 7 nitrogen and oxygen atoms in total. The zero-order valence-corrected chi connectivity index (χ0v) is 15.8. The van der Waals surface area contributed by atoms with E-state index in [2.05, 4.69) is 20.7 Å². The van der Waals surface area contributed by atoms with Gasteiger partial charge >= 0.3 is 0 Å². The molecule has 0 aromatic carbocycles. The fourth-order valence-electron chi connectivity index (χ4n) is 3.07. The van der Waals surface area contributed by atoms with E-state index in [-0.39, 0.29) is 17.9 Å². The van der Waals surface area contributed by atoms with E-state index < -0.39 is 17.7 Å². The van der Waals surface area contributed by atoms with Crippen LogP contribution in [0.4, 0.5) is 14.5 Å². The number of aromatic nitrogens is 2. The molecule has 9 heteroatoms. The van der Waals surface area contributed by atoms with Crippen molar-refractivity contribution in [2.24, 2.45) is 0 Å². The summed E-state index contributed by atoms with van der Waals surface area (Å²) in [7, 11) is 0. The van der Waals surface area contributed by atoms with Crippen molar-refractivity contribution in [2.75, 3.05) is 11.9 Å². The second-order valence-corrected chi connectivity index (χ2v) is 6.74. The van der Waals surface area contributed by atoms with Crippen molar-refractivity contribution in [3.8, 4) is 11.4 Å². The van der Waals surface area contributed by atoms with Crippen LogP contribution in [0, 0.1) is 12.7 Å². The predicted molar refractivity (Wildman–Crippen MR) is 103 cm³/mol. The molecule has 0 spiro atoms. The number of β-amino-alcohol motifs (C(OH)–C–C–N with tert-alkyl or cyclic N) is 1. The summed E-state index contributed by atoms with van der Waals surface area (Å²) in [6.45, 7) is 3.61. The number of hydrazine groups is 1. The zero-order chi connectivity index (χ0) is 20.5. The van der Waals surface area contributed by atoms with Crippen LogP contribution in [-0.4, -0.2) is 32.7 Å². The molecule has 2 aromatic heterocycles. The summed E-state index contributed by atoms with van der Waals surface area (Å²) in [6, 6.07) is 6.14. The standard InChI is InChI=1S/C20H19F2N5O2/c1-11-3-4-14(21)18(25-11)16-7-13(5-6-23-16)26-19-15(22)10-29-17-8-24-27(20(17)19)9-12(2)28/h3-8,10,12,24,28H,9H2,1-2H3,(H,23,26)/t12-/m0/s1. The van der Waals surface area contributed by atoms with Gasteiger partial charge in [-0.2, -0.15) is 0 Å². The van der Waals surface area contributed by atoms with Crippen molar-refractivity contribution in [3.05, 3.63) is 77.4 Å². The number of halogens is 2. The number of aliphatic hydroxyl groups is 1. The number of hydrogen-bond acceptors (Lipinski definition) is 7. The summed E-state index contributed by atoms with van der Waals surface area (Å²) >= 11 is 0. The van der Waals surface area contributed by atoms with Gasteiger partial charge in [0.25, 0.3) is 0 Å². The normalized spacial score (nSPS) is 16.5. The predicted octanol–water partition coefficient (Wildman–Crippen LogP) is 3.10. The van der Waals surface area contributed by atoms with Crippen LogP contribution in [0.2, 0.25) is 0 Å². The Morgan fingerprint density at radius 2 is 2.14 bits per heavy atom. The Morgan fingerprint density at radius 1 is 1.31 bits per heavy atom. The van der Waals surface area contributed by atoms with Gasteiger partial charge in [-0.05, 0) is 38.1 Å². The van der Waals surface area contributed by atoms with Crippen LogP contribution in [0.5, 0.6) is 0 Å². The molecule has 4 rings (SSSR count). The van der Waals surface area contributed by atoms with Gasteiger partial charge in [0.05, 0.1) is 24.5 Å². The third-order valence-electron chi connectivity index (χ3n) is 4.32. The Bertz CT molecular complexity index is 1050. The molecule has 3 N–H and O–H groups in total. The van der Waals surface area contributed by atoms with E-state index in [4.69, 9.17) is 4.74 Å². The number of aliphatic hydroxyl groups excluding tert-OH is 1. The number of aryl methyl sites for hydroxylation is 1. The minimum absolute atomic E-state index is 0.119. The average molecular weight is 399 g/mol. The highest BCUT2D eigenvalue weighted by atomic mass is 19.1. The lowest BCUT2D eigenvalue weighted by Crippen LogP contribution is -2.36. The molecule has 0 aliphatic carbocycles. The molecule has 0 fully saturated rings. The van der Waals surface area contributed by atoms with Crippen LogP contribution in [0.15, 0.2) is 65.9 Å². The number of nitrogens with one attached hydrogen (secondary N) is 2. The topological polar surface area (TPSA) is 82.5 Å². The summed E-state index contributed by atoms with van der Waals surface area (Å²) in [5.41, 5.74) is 5.10. The number of ether oxygens (including phenoxy) is 1. The lowest BCUT2D eigenvalue weighted by atomic mass is 10.2. The Labute approximate surface area is 166 Å². The monoisotopic (exact) mass is 399 g/mol. The first-order valence-electron chi connectivity index (χ1n) is 8.98. The van der Waals surface area contributed by atoms with Crippen molar-refractivity contribution in [2.45, 2.75) is 20.0 Å². The molecule has 1 atom stereocenters. The van der Waals surface area contributed by atoms with Crippen LogP contribution in [0.3, 0.4) is 0 Å². The van der Waals surface area contributed by atoms with E-state index in [0.717, 1.165) is 6.26 Å². The lowest BCUT2D eigenvalue weighted by molar-refractivity contribution is 0.131. The lowest BCUT2D eigenvalue weighted by Gasteiger charge is -2.27. The van der Waals surface area contributed by atoms with Gasteiger partial charge in [0.2, 0.25) is 0 Å². The highest BCUT2D eigenvalue weighted by molar-refractivity contribution is 5.64. The van der Waals surface area contributed by atoms with Crippen LogP contribution < -0.4 is 10.7 Å². The molecule has 0 saturated heterocycles. The molecule has 0 unspecified atom stereocenters. The molecule has 0 saturated carbocycles. The molecule has 2 aliphatic rings. The van der Waals surface area contributed by atoms with E-state index >= 15 is 0 Å². The molecular weight excluding hydrogens is 380 g/mol. The molecule has 150 valence electrons. The van der Waals surface area contributed by atoms with Crippen molar-refractivity contribution in [1.29, 1.82) is 0 Å². The van der Waals surface area contributed by atoms with Crippen LogP contribution in [0.1, 0.15) is 12.6 Å². The number of pyridine rings is 2. The first-order chi connectivity index (χ1) is 13.9. The Hall–Kier alpha value is -3.46. The zero-order valence-electron chi connectivity index (χ0n) is 15.8. The summed E-state index contributed by atoms with van der Waals surface area (Å²) in [5, 5.41) is 14.3. The minimum Gasteiger partial charge on any atom is -0.458 e. The first kappa shape index (κ1) is 18.9. The van der Waals surface area contributed by atoms with E-state index in [1.54, 1.807) is 43.3 Å². The first-order valence-corrected chi connectivity index (χ1v) is 8.98. The van der Waals surface area contributed by atoms with Crippen LogP contribution in [0.25, 0.3) is 11.4 Å². The van der Waals surface area contributed by atoms with E-state index in [1.807, 2.05) is 0 Å². The average Bonchev–Trinajstić information content (AvgIpc) is 3.08. The highest BCUT2D eigenvalue weighted by Crippen LogP contribution is 2.34. The smallest absolute Gasteiger partial charge is 0.183 e. The maximum Gasteiger partial charge on any atom is 0.183 e. The van der Waals surface area contributed by atoms with Crippen molar-refractivity contribution in [3.63, 3.8) is 0 Å². The van der Waals surface area contributed by atoms with E-state index in [9.17, 15) is 13.9 Å². The van der Waals surface area contributed by atoms with Gasteiger partial charge in [0, 0.05) is 17.6 Å². The molecule has 0 radical (unpaired) electrons. The molecule has 2 aromatic rings. The number of fused-ring (bicyclic) bond motifs is 1. The second kappa shape index (κ2) is 7.51. The third kappa shape index (κ3) is 3.77. The quantitative estimate of drug-likeness (QED) is 0.713. The largest absolute Gasteiger partial charge is 0.458 e. The Morgan fingerprint density at radius 3 is 2.93 bits per heavy atom. The number of hydrogen-bond donors (Lipinski definition) is 3. The van der Waals surface area contributed by atoms with Gasteiger partial charge in [-0.3, -0.25) is 9.99 Å². The molecule has 2 aliphatic heterocycles. The molecule has 0 amide bonds. The highest BCUT2D eigenvalue weighted by Gasteiger charge is 2.31. The molecular formula is C20H19F2N5O2. The maximum atomic E-state index is 14.6. The molecule has 0 bridgehead atoms. The van der Waals surface area contributed by atoms with E-state index in [0.29, 0.717) is 28.5 Å². The second-order valence-electron chi connectivity index (χ2n) is 6.74. The van der Waals surface area contributed by atoms with Gasteiger partial charge < -0.3 is 20.6 Å². The van der Waals surface area contributed by atoms with Crippen LogP contribution >= 0.6 is 0 Å². The number of nitrogens with zero attached hydrogens (tertiary/aromatic N) is 3. The Balaban J connectivity index is 1.70. The summed E-state index contributed by atoms with van der Waals surface area (Å²) < 4.78 is 34.1. The van der Waals surface area contributed by atoms with E-state index in [1.165, 1.54) is 12.3 Å².